The van der Waals surface area contributed by atoms with E-state index in [-0.39, 0.29) is 5.41 Å². The van der Waals surface area contributed by atoms with Crippen LogP contribution in [-0.4, -0.2) is 45.1 Å². The maximum Gasteiger partial charge on any atom is 0.337 e. The Morgan fingerprint density at radius 3 is 2.72 bits per heavy atom. The first-order valence-corrected chi connectivity index (χ1v) is 12.2. The van der Waals surface area contributed by atoms with Gasteiger partial charge in [-0.25, -0.2) is 9.18 Å². The van der Waals surface area contributed by atoms with Gasteiger partial charge in [0.15, 0.2) is 6.17 Å². The smallest absolute Gasteiger partial charge is 0.337 e. The topological polar surface area (TPSA) is 89.3 Å². The first-order valence-electron chi connectivity index (χ1n) is 12.2. The predicted octanol–water partition coefficient (Wildman–Crippen LogP) is 4.74. The van der Waals surface area contributed by atoms with Crippen LogP contribution in [0.25, 0.3) is 22.2 Å². The molecule has 2 N–H and O–H groups in total. The third-order valence-corrected chi connectivity index (χ3v) is 6.91. The zero-order valence-electron chi connectivity index (χ0n) is 20.2. The van der Waals surface area contributed by atoms with Crippen LogP contribution in [0.2, 0.25) is 0 Å². The minimum atomic E-state index is -1.73. The van der Waals surface area contributed by atoms with Gasteiger partial charge < -0.3 is 15.2 Å². The Morgan fingerprint density at radius 1 is 1.19 bits per heavy atom. The van der Waals surface area contributed by atoms with Gasteiger partial charge in [0.25, 0.3) is 0 Å². The summed E-state index contributed by atoms with van der Waals surface area (Å²) in [6.07, 6.45) is 2.60. The first-order chi connectivity index (χ1) is 17.4. The SMILES string of the molecule is CC(F)C(=O)O.c1ccc(COc2ccc3ncc(-c4cc5n(n4)CCC54CCNC4)cc3c2)cc1. The molecule has 2 atom stereocenters. The van der Waals surface area contributed by atoms with Gasteiger partial charge in [-0.05, 0) is 62.2 Å². The molecule has 4 heterocycles. The molecule has 2 unspecified atom stereocenters. The molecule has 2 aliphatic rings. The molecule has 0 saturated carbocycles. The number of pyridine rings is 1. The standard InChI is InChI=1S/C25H24N4O.C3H5FO2/c1-2-4-18(5-3-1)16-30-21-6-7-22-19(13-21)12-20(15-27-22)23-14-24-25(8-10-26-17-25)9-11-29(24)28-23;1-2(4)3(5)6/h1-7,12-15,26H,8-11,16-17H2;2H,1H3,(H,5,6). The zero-order chi connectivity index (χ0) is 25.1. The number of halogens is 1. The highest BCUT2D eigenvalue weighted by Gasteiger charge is 2.42. The second-order valence-corrected chi connectivity index (χ2v) is 9.40. The lowest BCUT2D eigenvalue weighted by molar-refractivity contribution is -0.142. The van der Waals surface area contributed by atoms with Crippen molar-refractivity contribution in [2.45, 2.75) is 44.5 Å². The summed E-state index contributed by atoms with van der Waals surface area (Å²) < 4.78 is 19.4. The van der Waals surface area contributed by atoms with Gasteiger partial charge in [0.1, 0.15) is 12.4 Å². The Kier molecular flexibility index (Phi) is 6.69. The number of aromatic nitrogens is 3. The van der Waals surface area contributed by atoms with Crippen LogP contribution >= 0.6 is 0 Å². The molecular weight excluding hydrogens is 459 g/mol. The van der Waals surface area contributed by atoms with Crippen LogP contribution < -0.4 is 10.1 Å². The van der Waals surface area contributed by atoms with Crippen molar-refractivity contribution in [3.8, 4) is 17.0 Å². The number of hydrogen-bond acceptors (Lipinski definition) is 5. The monoisotopic (exact) mass is 488 g/mol. The molecule has 6 rings (SSSR count). The first kappa shape index (κ1) is 23.9. The average Bonchev–Trinajstić information content (AvgIpc) is 3.62. The molecule has 1 spiro atoms. The number of aryl methyl sites for hydroxylation is 1. The molecule has 2 aromatic carbocycles. The van der Waals surface area contributed by atoms with Gasteiger partial charge in [0, 0.05) is 41.3 Å². The number of benzene rings is 2. The number of nitrogens with one attached hydrogen (secondary N) is 1. The third-order valence-electron chi connectivity index (χ3n) is 6.91. The quantitative estimate of drug-likeness (QED) is 0.422. The van der Waals surface area contributed by atoms with Crippen molar-refractivity contribution in [1.29, 1.82) is 0 Å². The normalized spacial score (nSPS) is 19.1. The number of carboxylic acid groups (broad SMARTS) is 1. The Morgan fingerprint density at radius 2 is 2.00 bits per heavy atom. The van der Waals surface area contributed by atoms with E-state index < -0.39 is 12.1 Å². The number of ether oxygens (including phenoxy) is 1. The van der Waals surface area contributed by atoms with E-state index in [1.54, 1.807) is 0 Å². The second-order valence-electron chi connectivity index (χ2n) is 9.40. The number of carboxylic acids is 1. The number of aliphatic carboxylic acids is 1. The maximum atomic E-state index is 11.2. The minimum Gasteiger partial charge on any atom is -0.489 e. The van der Waals surface area contributed by atoms with E-state index in [9.17, 15) is 9.18 Å². The van der Waals surface area contributed by atoms with Crippen LogP contribution in [0.1, 0.15) is 31.0 Å². The largest absolute Gasteiger partial charge is 0.489 e. The molecule has 1 saturated heterocycles. The summed E-state index contributed by atoms with van der Waals surface area (Å²) in [5.74, 6) is -0.552. The number of hydrogen-bond donors (Lipinski definition) is 2. The van der Waals surface area contributed by atoms with Gasteiger partial charge in [-0.1, -0.05) is 30.3 Å². The highest BCUT2D eigenvalue weighted by Crippen LogP contribution is 2.41. The summed E-state index contributed by atoms with van der Waals surface area (Å²) >= 11 is 0. The predicted molar refractivity (Wildman–Crippen MR) is 136 cm³/mol. The summed E-state index contributed by atoms with van der Waals surface area (Å²) in [4.78, 5) is 14.0. The number of fused-ring (bicyclic) bond motifs is 3. The molecule has 4 aromatic rings. The Hall–Kier alpha value is -3.78. The Bertz CT molecular complexity index is 1360. The van der Waals surface area contributed by atoms with Crippen molar-refractivity contribution in [2.24, 2.45) is 0 Å². The fourth-order valence-electron chi connectivity index (χ4n) is 4.86. The number of alkyl halides is 1. The summed E-state index contributed by atoms with van der Waals surface area (Å²) in [5, 5.41) is 17.1. The molecule has 2 aromatic heterocycles. The Labute approximate surface area is 208 Å². The Balaban J connectivity index is 0.000000400. The third kappa shape index (κ3) is 4.95. The molecule has 8 heteroatoms. The van der Waals surface area contributed by atoms with E-state index in [0.717, 1.165) is 60.0 Å². The van der Waals surface area contributed by atoms with E-state index in [1.807, 2.05) is 36.5 Å². The lowest BCUT2D eigenvalue weighted by atomic mass is 9.82. The molecule has 1 fully saturated rings. The van der Waals surface area contributed by atoms with Crippen LogP contribution in [0.4, 0.5) is 4.39 Å². The lowest BCUT2D eigenvalue weighted by Crippen LogP contribution is -2.25. The van der Waals surface area contributed by atoms with Crippen LogP contribution in [0.5, 0.6) is 5.75 Å². The van der Waals surface area contributed by atoms with Crippen LogP contribution in [0.3, 0.4) is 0 Å². The molecule has 0 amide bonds. The van der Waals surface area contributed by atoms with Crippen LogP contribution in [-0.2, 0) is 23.4 Å². The van der Waals surface area contributed by atoms with E-state index in [4.69, 9.17) is 14.9 Å². The number of nitrogens with zero attached hydrogens (tertiary/aromatic N) is 3. The van der Waals surface area contributed by atoms with Crippen molar-refractivity contribution in [3.05, 3.63) is 78.1 Å². The number of carbonyl (C=O) groups is 1. The van der Waals surface area contributed by atoms with Gasteiger partial charge in [0.2, 0.25) is 0 Å². The van der Waals surface area contributed by atoms with E-state index >= 15 is 0 Å². The summed E-state index contributed by atoms with van der Waals surface area (Å²) in [6.45, 7) is 4.71. The zero-order valence-corrected chi connectivity index (χ0v) is 20.2. The van der Waals surface area contributed by atoms with Crippen molar-refractivity contribution in [3.63, 3.8) is 0 Å². The van der Waals surface area contributed by atoms with E-state index in [1.165, 1.54) is 18.5 Å². The number of rotatable bonds is 5. The maximum absolute atomic E-state index is 11.2. The molecule has 0 aliphatic carbocycles. The van der Waals surface area contributed by atoms with Gasteiger partial charge in [-0.3, -0.25) is 9.67 Å². The van der Waals surface area contributed by atoms with Gasteiger partial charge >= 0.3 is 5.97 Å². The van der Waals surface area contributed by atoms with Crippen molar-refractivity contribution in [1.82, 2.24) is 20.1 Å². The van der Waals surface area contributed by atoms with Crippen molar-refractivity contribution < 1.29 is 19.0 Å². The molecule has 2 aliphatic heterocycles. The average molecular weight is 489 g/mol. The molecule has 7 nitrogen and oxygen atoms in total. The van der Waals surface area contributed by atoms with Crippen molar-refractivity contribution >= 4 is 16.9 Å². The molecule has 186 valence electrons. The van der Waals surface area contributed by atoms with Crippen molar-refractivity contribution in [2.75, 3.05) is 13.1 Å². The summed E-state index contributed by atoms with van der Waals surface area (Å²) in [5.41, 5.74) is 5.85. The fourth-order valence-corrected chi connectivity index (χ4v) is 4.86. The van der Waals surface area contributed by atoms with Gasteiger partial charge in [0.05, 0.1) is 11.2 Å². The van der Waals surface area contributed by atoms with Crippen LogP contribution in [0, 0.1) is 0 Å². The highest BCUT2D eigenvalue weighted by atomic mass is 19.1. The fraction of sp³-hybridized carbons (Fsp3) is 0.321. The highest BCUT2D eigenvalue weighted by molar-refractivity contribution is 5.84. The molecule has 36 heavy (non-hydrogen) atoms. The van der Waals surface area contributed by atoms with E-state index in [0.29, 0.717) is 6.61 Å². The second kappa shape index (κ2) is 10.1. The van der Waals surface area contributed by atoms with E-state index in [2.05, 4.69) is 45.3 Å². The van der Waals surface area contributed by atoms with Gasteiger partial charge in [-0.15, -0.1) is 0 Å². The van der Waals surface area contributed by atoms with Crippen LogP contribution in [0.15, 0.2) is 66.9 Å². The van der Waals surface area contributed by atoms with Gasteiger partial charge in [-0.2, -0.15) is 5.10 Å². The molecule has 0 bridgehead atoms. The molecular formula is C28H29FN4O3. The lowest BCUT2D eigenvalue weighted by Gasteiger charge is -2.20. The summed E-state index contributed by atoms with van der Waals surface area (Å²) in [7, 11) is 0. The minimum absolute atomic E-state index is 0.272. The summed E-state index contributed by atoms with van der Waals surface area (Å²) in [6, 6.07) is 20.8. The molecule has 0 radical (unpaired) electrons.